The van der Waals surface area contributed by atoms with Gasteiger partial charge in [-0.2, -0.15) is 0 Å². The van der Waals surface area contributed by atoms with Crippen molar-refractivity contribution in [1.82, 2.24) is 15.2 Å². The maximum Gasteiger partial charge on any atom is 0.263 e. The predicted octanol–water partition coefficient (Wildman–Crippen LogP) is 1.41. The zero-order valence-corrected chi connectivity index (χ0v) is 15.9. The summed E-state index contributed by atoms with van der Waals surface area (Å²) in [7, 11) is 1.46. The number of rotatable bonds is 6. The van der Waals surface area contributed by atoms with Gasteiger partial charge < -0.3 is 19.9 Å². The quantitative estimate of drug-likeness (QED) is 0.789. The summed E-state index contributed by atoms with van der Waals surface area (Å²) in [5, 5.41) is 5.36. The molecule has 0 radical (unpaired) electrons. The van der Waals surface area contributed by atoms with Gasteiger partial charge in [0.05, 0.1) is 18.7 Å². The highest BCUT2D eigenvalue weighted by molar-refractivity contribution is 5.99. The summed E-state index contributed by atoms with van der Waals surface area (Å²) in [6.07, 6.45) is 3.51. The molecule has 2 amide bonds. The lowest BCUT2D eigenvalue weighted by atomic mass is 10.0. The molecule has 2 N–H and O–H groups in total. The van der Waals surface area contributed by atoms with Crippen LogP contribution in [0.4, 0.5) is 0 Å². The van der Waals surface area contributed by atoms with Gasteiger partial charge in [-0.15, -0.1) is 0 Å². The molecule has 7 nitrogen and oxygen atoms in total. The van der Waals surface area contributed by atoms with E-state index in [2.05, 4.69) is 10.6 Å². The van der Waals surface area contributed by atoms with E-state index in [1.165, 1.54) is 23.9 Å². The van der Waals surface area contributed by atoms with Crippen molar-refractivity contribution in [2.24, 2.45) is 5.92 Å². The molecule has 0 saturated carbocycles. The first-order chi connectivity index (χ1) is 13.6. The Hall–Kier alpha value is -2.93. The number of ether oxygens (including phenoxy) is 1. The van der Waals surface area contributed by atoms with Crippen LogP contribution >= 0.6 is 0 Å². The van der Waals surface area contributed by atoms with Crippen LogP contribution in [-0.2, 0) is 11.3 Å². The second kappa shape index (κ2) is 9.32. The van der Waals surface area contributed by atoms with E-state index in [0.717, 1.165) is 25.0 Å². The number of carbonyl (C=O) groups is 2. The third-order valence-electron chi connectivity index (χ3n) is 4.82. The topological polar surface area (TPSA) is 89.4 Å². The number of nitrogens with zero attached hydrogens (tertiary/aromatic N) is 1. The molecule has 1 fully saturated rings. The van der Waals surface area contributed by atoms with E-state index >= 15 is 0 Å². The molecule has 1 saturated heterocycles. The van der Waals surface area contributed by atoms with Crippen molar-refractivity contribution in [1.29, 1.82) is 0 Å². The molecule has 0 aliphatic carbocycles. The Morgan fingerprint density at radius 1 is 1.21 bits per heavy atom. The fourth-order valence-electron chi connectivity index (χ4n) is 3.26. The molecule has 148 valence electrons. The van der Waals surface area contributed by atoms with Crippen LogP contribution in [0.1, 0.15) is 39.1 Å². The van der Waals surface area contributed by atoms with E-state index in [1.807, 2.05) is 30.3 Å². The summed E-state index contributed by atoms with van der Waals surface area (Å²) in [4.78, 5) is 37.5. The van der Waals surface area contributed by atoms with Crippen LogP contribution in [0.2, 0.25) is 0 Å². The molecule has 0 spiro atoms. The van der Waals surface area contributed by atoms with Crippen LogP contribution in [-0.4, -0.2) is 43.2 Å². The van der Waals surface area contributed by atoms with Gasteiger partial charge in [0.25, 0.3) is 17.4 Å². The van der Waals surface area contributed by atoms with Gasteiger partial charge in [0.15, 0.2) is 0 Å². The molecule has 1 atom stereocenters. The first-order valence-electron chi connectivity index (χ1n) is 9.45. The Labute approximate surface area is 163 Å². The largest absolute Gasteiger partial charge is 0.381 e. The van der Waals surface area contributed by atoms with Gasteiger partial charge in [-0.1, -0.05) is 30.3 Å². The number of aromatic nitrogens is 1. The van der Waals surface area contributed by atoms with Crippen LogP contribution in [0.15, 0.2) is 47.4 Å². The molecule has 2 heterocycles. The first kappa shape index (κ1) is 19.8. The summed E-state index contributed by atoms with van der Waals surface area (Å²) in [6.45, 7) is 2.19. The smallest absolute Gasteiger partial charge is 0.263 e. The van der Waals surface area contributed by atoms with Gasteiger partial charge in [0.2, 0.25) is 0 Å². The molecular formula is C21H25N3O4. The highest BCUT2D eigenvalue weighted by Crippen LogP contribution is 2.13. The molecular weight excluding hydrogens is 358 g/mol. The van der Waals surface area contributed by atoms with Crippen molar-refractivity contribution in [2.45, 2.75) is 19.4 Å². The maximum atomic E-state index is 12.7. The van der Waals surface area contributed by atoms with Gasteiger partial charge in [-0.3, -0.25) is 14.4 Å². The number of pyridine rings is 1. The normalized spacial score (nSPS) is 16.4. The highest BCUT2D eigenvalue weighted by Gasteiger charge is 2.19. The SMILES string of the molecule is CNC(=O)c1cc(C(=O)NC[C@@H]2CCCOC2)cn(Cc2ccccc2)c1=O. The van der Waals surface area contributed by atoms with Gasteiger partial charge in [-0.05, 0) is 30.4 Å². The summed E-state index contributed by atoms with van der Waals surface area (Å²) < 4.78 is 6.84. The number of nitrogens with one attached hydrogen (secondary N) is 2. The monoisotopic (exact) mass is 383 g/mol. The summed E-state index contributed by atoms with van der Waals surface area (Å²) >= 11 is 0. The lowest BCUT2D eigenvalue weighted by Gasteiger charge is -2.22. The van der Waals surface area contributed by atoms with E-state index in [0.29, 0.717) is 13.2 Å². The number of carbonyl (C=O) groups excluding carboxylic acids is 2. The summed E-state index contributed by atoms with van der Waals surface area (Å²) in [5.41, 5.74) is 0.711. The standard InChI is InChI=1S/C21H25N3O4/c1-22-20(26)18-10-17(19(25)23-11-16-8-5-9-28-14-16)13-24(21(18)27)12-15-6-3-2-4-7-15/h2-4,6-7,10,13,16H,5,8-9,11-12,14H2,1H3,(H,22,26)(H,23,25)/t16-/m0/s1. The lowest BCUT2D eigenvalue weighted by Crippen LogP contribution is -2.36. The zero-order chi connectivity index (χ0) is 19.9. The molecule has 0 bridgehead atoms. The minimum atomic E-state index is -0.512. The second-order valence-corrected chi connectivity index (χ2v) is 6.93. The van der Waals surface area contributed by atoms with Crippen molar-refractivity contribution >= 4 is 11.8 Å². The van der Waals surface area contributed by atoms with Crippen LogP contribution < -0.4 is 16.2 Å². The van der Waals surface area contributed by atoms with Crippen LogP contribution in [0.25, 0.3) is 0 Å². The van der Waals surface area contributed by atoms with E-state index in [1.54, 1.807) is 0 Å². The number of hydrogen-bond acceptors (Lipinski definition) is 4. The molecule has 0 unspecified atom stereocenters. The molecule has 1 aliphatic heterocycles. The molecule has 1 aromatic carbocycles. The first-order valence-corrected chi connectivity index (χ1v) is 9.45. The highest BCUT2D eigenvalue weighted by atomic mass is 16.5. The lowest BCUT2D eigenvalue weighted by molar-refractivity contribution is 0.0536. The average molecular weight is 383 g/mol. The van der Waals surface area contributed by atoms with Crippen molar-refractivity contribution in [3.05, 3.63) is 69.6 Å². The van der Waals surface area contributed by atoms with E-state index in [4.69, 9.17) is 4.74 Å². The fourth-order valence-corrected chi connectivity index (χ4v) is 3.26. The van der Waals surface area contributed by atoms with Crippen molar-refractivity contribution < 1.29 is 14.3 Å². The third kappa shape index (κ3) is 4.86. The van der Waals surface area contributed by atoms with Gasteiger partial charge >= 0.3 is 0 Å². The predicted molar refractivity (Wildman–Crippen MR) is 106 cm³/mol. The van der Waals surface area contributed by atoms with E-state index < -0.39 is 11.5 Å². The van der Waals surface area contributed by atoms with Gasteiger partial charge in [0.1, 0.15) is 5.56 Å². The molecule has 1 aromatic heterocycles. The summed E-state index contributed by atoms with van der Waals surface area (Å²) in [6, 6.07) is 10.8. The Bertz CT molecular complexity index is 886. The Morgan fingerprint density at radius 2 is 2.00 bits per heavy atom. The minimum absolute atomic E-state index is 0.0490. The Morgan fingerprint density at radius 3 is 2.68 bits per heavy atom. The van der Waals surface area contributed by atoms with Crippen LogP contribution in [0.5, 0.6) is 0 Å². The molecule has 7 heteroatoms. The number of benzene rings is 1. The number of amides is 2. The minimum Gasteiger partial charge on any atom is -0.381 e. The number of hydrogen-bond donors (Lipinski definition) is 2. The van der Waals surface area contributed by atoms with Crippen molar-refractivity contribution in [2.75, 3.05) is 26.8 Å². The van der Waals surface area contributed by atoms with Crippen molar-refractivity contribution in [3.63, 3.8) is 0 Å². The van der Waals surface area contributed by atoms with E-state index in [-0.39, 0.29) is 29.5 Å². The Balaban J connectivity index is 1.84. The average Bonchev–Trinajstić information content (AvgIpc) is 2.74. The third-order valence-corrected chi connectivity index (χ3v) is 4.82. The van der Waals surface area contributed by atoms with Crippen LogP contribution in [0, 0.1) is 5.92 Å². The van der Waals surface area contributed by atoms with Gasteiger partial charge in [-0.25, -0.2) is 0 Å². The second-order valence-electron chi connectivity index (χ2n) is 6.93. The zero-order valence-electron chi connectivity index (χ0n) is 15.9. The van der Waals surface area contributed by atoms with Crippen LogP contribution in [0.3, 0.4) is 0 Å². The molecule has 28 heavy (non-hydrogen) atoms. The molecule has 3 rings (SSSR count). The maximum absolute atomic E-state index is 12.7. The van der Waals surface area contributed by atoms with E-state index in [9.17, 15) is 14.4 Å². The van der Waals surface area contributed by atoms with Gasteiger partial charge in [0, 0.05) is 26.4 Å². The fraction of sp³-hybridized carbons (Fsp3) is 0.381. The Kier molecular flexibility index (Phi) is 6.60. The molecule has 2 aromatic rings. The summed E-state index contributed by atoms with van der Waals surface area (Å²) in [5.74, 6) is -0.536. The molecule has 1 aliphatic rings. The van der Waals surface area contributed by atoms with Crippen molar-refractivity contribution in [3.8, 4) is 0 Å².